The van der Waals surface area contributed by atoms with E-state index in [4.69, 9.17) is 9.47 Å². The zero-order valence-corrected chi connectivity index (χ0v) is 20.1. The number of ether oxygens (including phenoxy) is 2. The molecule has 1 saturated heterocycles. The summed E-state index contributed by atoms with van der Waals surface area (Å²) in [5.74, 6) is 0.680. The van der Waals surface area contributed by atoms with Gasteiger partial charge in [-0.15, -0.1) is 0 Å². The van der Waals surface area contributed by atoms with Crippen molar-refractivity contribution in [3.8, 4) is 5.75 Å². The molecule has 184 valence electrons. The van der Waals surface area contributed by atoms with Crippen LogP contribution in [-0.4, -0.2) is 72.0 Å². The fraction of sp³-hybridized carbons (Fsp3) is 0.654. The summed E-state index contributed by atoms with van der Waals surface area (Å²) in [5, 5.41) is 2.35. The maximum atomic E-state index is 12.9. The Morgan fingerprint density at radius 3 is 2.71 bits per heavy atom. The molecule has 0 aromatic heterocycles. The first-order valence-corrected chi connectivity index (χ1v) is 12.7. The second kappa shape index (κ2) is 9.66. The number of piperidine rings is 1. The van der Waals surface area contributed by atoms with Crippen LogP contribution < -0.4 is 10.1 Å². The molecule has 2 saturated carbocycles. The van der Waals surface area contributed by atoms with Gasteiger partial charge < -0.3 is 14.4 Å². The molecule has 4 aliphatic rings. The number of imide groups is 1. The third-order valence-electron chi connectivity index (χ3n) is 8.09. The van der Waals surface area contributed by atoms with E-state index in [-0.39, 0.29) is 30.2 Å². The molecule has 1 unspecified atom stereocenters. The van der Waals surface area contributed by atoms with Gasteiger partial charge in [-0.2, -0.15) is 0 Å². The molecule has 34 heavy (non-hydrogen) atoms. The number of likely N-dealkylation sites (N-methyl/N-ethyl adjacent to an activating group) is 1. The Kier molecular flexibility index (Phi) is 6.62. The van der Waals surface area contributed by atoms with Crippen molar-refractivity contribution in [2.45, 2.75) is 82.7 Å². The predicted molar refractivity (Wildman–Crippen MR) is 125 cm³/mol. The Bertz CT molecular complexity index is 960. The van der Waals surface area contributed by atoms with Gasteiger partial charge in [-0.05, 0) is 74.8 Å². The number of hydrogen-bond donors (Lipinski definition) is 1. The van der Waals surface area contributed by atoms with E-state index in [0.29, 0.717) is 36.6 Å². The van der Waals surface area contributed by atoms with E-state index in [1.54, 1.807) is 12.0 Å². The van der Waals surface area contributed by atoms with Gasteiger partial charge >= 0.3 is 0 Å². The highest BCUT2D eigenvalue weighted by Crippen LogP contribution is 2.35. The van der Waals surface area contributed by atoms with E-state index in [0.717, 1.165) is 56.5 Å². The lowest BCUT2D eigenvalue weighted by molar-refractivity contribution is -0.136. The largest absolute Gasteiger partial charge is 0.489 e. The summed E-state index contributed by atoms with van der Waals surface area (Å²) in [6.07, 6.45) is 6.82. The average molecular weight is 470 g/mol. The zero-order chi connectivity index (χ0) is 23.8. The van der Waals surface area contributed by atoms with Gasteiger partial charge in [0.05, 0.1) is 6.10 Å². The summed E-state index contributed by atoms with van der Waals surface area (Å²) >= 11 is 0. The van der Waals surface area contributed by atoms with Crippen LogP contribution in [0.3, 0.4) is 0 Å². The molecule has 0 bridgehead atoms. The summed E-state index contributed by atoms with van der Waals surface area (Å²) in [6, 6.07) is 5.47. The first-order valence-electron chi connectivity index (χ1n) is 12.7. The van der Waals surface area contributed by atoms with Crippen molar-refractivity contribution in [2.24, 2.45) is 5.92 Å². The second-order valence-corrected chi connectivity index (χ2v) is 10.2. The van der Waals surface area contributed by atoms with Crippen LogP contribution in [0.15, 0.2) is 18.2 Å². The molecule has 5 rings (SSSR count). The van der Waals surface area contributed by atoms with Gasteiger partial charge in [0.1, 0.15) is 17.9 Å². The first-order chi connectivity index (χ1) is 16.5. The van der Waals surface area contributed by atoms with E-state index < -0.39 is 6.04 Å². The zero-order valence-electron chi connectivity index (χ0n) is 20.1. The normalized spacial score (nSPS) is 31.0. The lowest BCUT2D eigenvalue weighted by Gasteiger charge is -2.40. The van der Waals surface area contributed by atoms with E-state index in [1.165, 1.54) is 0 Å². The number of rotatable bonds is 8. The monoisotopic (exact) mass is 469 g/mol. The van der Waals surface area contributed by atoms with E-state index in [1.807, 2.05) is 18.2 Å². The van der Waals surface area contributed by atoms with Crippen LogP contribution in [-0.2, 0) is 20.9 Å². The van der Waals surface area contributed by atoms with Crippen LogP contribution in [0.25, 0.3) is 0 Å². The number of carbonyl (C=O) groups is 3. The molecule has 1 aromatic carbocycles. The Labute approximate surface area is 200 Å². The molecule has 3 fully saturated rings. The third kappa shape index (κ3) is 4.45. The Hall–Kier alpha value is -2.45. The van der Waals surface area contributed by atoms with Crippen LogP contribution in [0, 0.1) is 5.92 Å². The molecular weight excluding hydrogens is 434 g/mol. The molecule has 8 nitrogen and oxygen atoms in total. The Morgan fingerprint density at radius 1 is 1.15 bits per heavy atom. The number of nitrogens with zero attached hydrogens (tertiary/aromatic N) is 2. The van der Waals surface area contributed by atoms with Crippen LogP contribution in [0.4, 0.5) is 0 Å². The molecular formula is C26H35N3O5. The van der Waals surface area contributed by atoms with Crippen molar-refractivity contribution in [1.29, 1.82) is 0 Å². The van der Waals surface area contributed by atoms with Crippen molar-refractivity contribution in [2.75, 3.05) is 20.2 Å². The standard InChI is InChI=1S/C26H35N3O5/c1-3-28(14-16-11-19(12-16)33-2)21-5-4-6-23(21)34-18-7-8-20-17(13-18)15-29(26(20)32)22-9-10-24(30)27-25(22)31/h7-8,13,16,19,21-23H,3-6,9-12,14-15H2,1-2H3,(H,27,30,31)/t16-,19-,21-,22?,23+/m0/s1. The third-order valence-corrected chi connectivity index (χ3v) is 8.09. The molecule has 2 heterocycles. The molecule has 2 aliphatic carbocycles. The summed E-state index contributed by atoms with van der Waals surface area (Å²) in [6.45, 7) is 4.71. The summed E-state index contributed by atoms with van der Waals surface area (Å²) in [4.78, 5) is 40.9. The fourth-order valence-electron chi connectivity index (χ4n) is 6.11. The molecule has 3 amide bonds. The molecule has 1 N–H and O–H groups in total. The Morgan fingerprint density at radius 2 is 1.97 bits per heavy atom. The van der Waals surface area contributed by atoms with Gasteiger partial charge in [0.15, 0.2) is 0 Å². The van der Waals surface area contributed by atoms with Crippen LogP contribution in [0.5, 0.6) is 5.75 Å². The van der Waals surface area contributed by atoms with Gasteiger partial charge in [-0.25, -0.2) is 0 Å². The first kappa shape index (κ1) is 23.3. The van der Waals surface area contributed by atoms with Crippen molar-refractivity contribution >= 4 is 17.7 Å². The van der Waals surface area contributed by atoms with E-state index in [2.05, 4.69) is 17.1 Å². The van der Waals surface area contributed by atoms with E-state index in [9.17, 15) is 14.4 Å². The number of hydrogen-bond acceptors (Lipinski definition) is 6. The quantitative estimate of drug-likeness (QED) is 0.589. The minimum Gasteiger partial charge on any atom is -0.489 e. The minimum absolute atomic E-state index is 0.139. The SMILES string of the molecule is CCN(C[C@H]1C[C@H](OC)C1)[C@H]1CCC[C@H]1Oc1ccc2c(c1)CN(C1CCC(=O)NC1=O)C2=O. The molecule has 3 atom stereocenters. The van der Waals surface area contributed by atoms with Crippen molar-refractivity contribution < 1.29 is 23.9 Å². The summed E-state index contributed by atoms with van der Waals surface area (Å²) in [7, 11) is 1.80. The number of benzene rings is 1. The smallest absolute Gasteiger partial charge is 0.255 e. The molecule has 8 heteroatoms. The molecule has 1 aromatic rings. The fourth-order valence-corrected chi connectivity index (χ4v) is 6.11. The van der Waals surface area contributed by atoms with Crippen molar-refractivity contribution in [3.05, 3.63) is 29.3 Å². The van der Waals surface area contributed by atoms with E-state index >= 15 is 0 Å². The highest BCUT2D eigenvalue weighted by atomic mass is 16.5. The van der Waals surface area contributed by atoms with Gasteiger partial charge in [-0.3, -0.25) is 24.6 Å². The van der Waals surface area contributed by atoms with Crippen LogP contribution >= 0.6 is 0 Å². The maximum absolute atomic E-state index is 12.9. The summed E-state index contributed by atoms with van der Waals surface area (Å²) in [5.41, 5.74) is 1.50. The second-order valence-electron chi connectivity index (χ2n) is 10.2. The average Bonchev–Trinajstić information content (AvgIpc) is 3.37. The number of amides is 3. The summed E-state index contributed by atoms with van der Waals surface area (Å²) < 4.78 is 12.0. The van der Waals surface area contributed by atoms with Gasteiger partial charge in [0.2, 0.25) is 11.8 Å². The maximum Gasteiger partial charge on any atom is 0.255 e. The van der Waals surface area contributed by atoms with Gasteiger partial charge in [0, 0.05) is 38.2 Å². The van der Waals surface area contributed by atoms with Crippen LogP contribution in [0.1, 0.15) is 67.8 Å². The number of nitrogens with one attached hydrogen (secondary N) is 1. The van der Waals surface area contributed by atoms with Crippen molar-refractivity contribution in [1.82, 2.24) is 15.1 Å². The number of methoxy groups -OCH3 is 1. The lowest BCUT2D eigenvalue weighted by atomic mass is 9.81. The highest BCUT2D eigenvalue weighted by Gasteiger charge is 2.40. The Balaban J connectivity index is 1.23. The minimum atomic E-state index is -0.594. The van der Waals surface area contributed by atoms with Gasteiger partial charge in [-0.1, -0.05) is 6.92 Å². The van der Waals surface area contributed by atoms with Gasteiger partial charge in [0.25, 0.3) is 5.91 Å². The topological polar surface area (TPSA) is 88.2 Å². The van der Waals surface area contributed by atoms with Crippen LogP contribution in [0.2, 0.25) is 0 Å². The molecule has 2 aliphatic heterocycles. The lowest BCUT2D eigenvalue weighted by Crippen LogP contribution is -2.52. The molecule has 0 spiro atoms. The molecule has 0 radical (unpaired) electrons. The number of carbonyl (C=O) groups excluding carboxylic acids is 3. The number of fused-ring (bicyclic) bond motifs is 1. The predicted octanol–water partition coefficient (Wildman–Crippen LogP) is 2.49. The van der Waals surface area contributed by atoms with Crippen molar-refractivity contribution in [3.63, 3.8) is 0 Å². The highest BCUT2D eigenvalue weighted by molar-refractivity contribution is 6.05.